The van der Waals surface area contributed by atoms with Crippen molar-refractivity contribution in [2.75, 3.05) is 39.5 Å². The number of hydrogen-bond acceptors (Lipinski definition) is 12. The minimum absolute atomic E-state index is 0. The summed E-state index contributed by atoms with van der Waals surface area (Å²) in [4.78, 5) is 20.4. The highest BCUT2D eigenvalue weighted by atomic mass is 32.2. The molecular formula is C34H49N11O3S. The number of aryl methyl sites for hydroxylation is 2. The maximum Gasteiger partial charge on any atom is 0.264 e. The highest BCUT2D eigenvalue weighted by molar-refractivity contribution is 7.92. The Morgan fingerprint density at radius 2 is 1.65 bits per heavy atom. The Morgan fingerprint density at radius 3 is 2.35 bits per heavy atom. The van der Waals surface area contributed by atoms with Crippen LogP contribution in [0.15, 0.2) is 96.4 Å². The lowest BCUT2D eigenvalue weighted by Gasteiger charge is -2.27. The number of piperidine rings is 1. The molecule has 0 atom stereocenters. The van der Waals surface area contributed by atoms with Crippen LogP contribution >= 0.6 is 0 Å². The maximum absolute atomic E-state index is 13.9. The number of hydrogen-bond donors (Lipinski definition) is 5. The van der Waals surface area contributed by atoms with E-state index in [2.05, 4.69) is 25.5 Å². The quantitative estimate of drug-likeness (QED) is 0.0834. The van der Waals surface area contributed by atoms with Gasteiger partial charge in [-0.15, -0.1) is 0 Å². The van der Waals surface area contributed by atoms with Gasteiger partial charge in [0, 0.05) is 53.2 Å². The van der Waals surface area contributed by atoms with E-state index in [4.69, 9.17) is 9.97 Å². The van der Waals surface area contributed by atoms with E-state index >= 15 is 0 Å². The first-order valence-electron chi connectivity index (χ1n) is 15.8. The maximum atomic E-state index is 13.9. The van der Waals surface area contributed by atoms with Crippen LogP contribution in [-0.4, -0.2) is 57.7 Å². The van der Waals surface area contributed by atoms with Crippen molar-refractivity contribution >= 4 is 39.2 Å². The monoisotopic (exact) mass is 691 g/mol. The predicted octanol–water partition coefficient (Wildman–Crippen LogP) is 6.53. The normalized spacial score (nSPS) is 12.8. The van der Waals surface area contributed by atoms with Crippen molar-refractivity contribution in [1.82, 2.24) is 36.8 Å². The number of imidazole rings is 1. The molecule has 3 aromatic carbocycles. The fourth-order valence-electron chi connectivity index (χ4n) is 5.44. The summed E-state index contributed by atoms with van der Waals surface area (Å²) in [7, 11) is -4.01. The zero-order chi connectivity index (χ0) is 32.6. The predicted molar refractivity (Wildman–Crippen MR) is 198 cm³/mol. The van der Waals surface area contributed by atoms with Gasteiger partial charge in [-0.2, -0.15) is 15.0 Å². The van der Waals surface area contributed by atoms with Crippen LogP contribution in [0.4, 0.5) is 29.2 Å². The molecule has 1 fully saturated rings. The average Bonchev–Trinajstić information content (AvgIpc) is 3.61. The lowest BCUT2D eigenvalue weighted by molar-refractivity contribution is 0.475. The minimum Gasteiger partial charge on any atom is -0.506 e. The summed E-state index contributed by atoms with van der Waals surface area (Å²) >= 11 is 0. The summed E-state index contributed by atoms with van der Waals surface area (Å²) in [5.74, 6) is 1.15. The van der Waals surface area contributed by atoms with E-state index in [0.29, 0.717) is 30.1 Å². The van der Waals surface area contributed by atoms with Gasteiger partial charge in [-0.3, -0.25) is 4.31 Å². The number of nitrogens with one attached hydrogen (secondary N) is 2. The second-order valence-electron chi connectivity index (χ2n) is 11.5. The van der Waals surface area contributed by atoms with Crippen LogP contribution in [0.1, 0.15) is 39.7 Å². The molecule has 14 nitrogen and oxygen atoms in total. The van der Waals surface area contributed by atoms with E-state index in [-0.39, 0.29) is 38.0 Å². The van der Waals surface area contributed by atoms with Crippen LogP contribution in [0.2, 0.25) is 0 Å². The minimum atomic E-state index is -4.01. The van der Waals surface area contributed by atoms with Gasteiger partial charge >= 0.3 is 0 Å². The van der Waals surface area contributed by atoms with Gasteiger partial charge in [0.15, 0.2) is 0 Å². The Morgan fingerprint density at radius 1 is 0.918 bits per heavy atom. The number of aromatic hydroxyl groups is 1. The largest absolute Gasteiger partial charge is 0.506 e. The van der Waals surface area contributed by atoms with Gasteiger partial charge in [0.25, 0.3) is 10.0 Å². The number of anilines is 5. The molecule has 0 spiro atoms. The Hall–Kier alpha value is -5.25. The number of rotatable bonds is 13. The molecule has 9 N–H and O–H groups in total. The Kier molecular flexibility index (Phi) is 12.5. The highest BCUT2D eigenvalue weighted by Gasteiger charge is 2.28. The van der Waals surface area contributed by atoms with Crippen LogP contribution in [0.5, 0.6) is 5.75 Å². The lowest BCUT2D eigenvalue weighted by atomic mass is 10.1. The zero-order valence-corrected chi connectivity index (χ0v) is 28.6. The summed E-state index contributed by atoms with van der Waals surface area (Å²) in [6.45, 7) is 5.15. The van der Waals surface area contributed by atoms with Gasteiger partial charge < -0.3 is 37.5 Å². The first-order valence-corrected chi connectivity index (χ1v) is 17.2. The molecule has 49 heavy (non-hydrogen) atoms. The molecular weight excluding hydrogens is 643 g/mol. The van der Waals surface area contributed by atoms with Gasteiger partial charge in [0.2, 0.25) is 17.8 Å². The summed E-state index contributed by atoms with van der Waals surface area (Å²) in [5.41, 5.74) is 2.39. The molecule has 0 saturated carbocycles. The second kappa shape index (κ2) is 16.7. The zero-order valence-electron chi connectivity index (χ0n) is 27.7. The Bertz CT molecular complexity index is 1880. The molecule has 1 aliphatic rings. The summed E-state index contributed by atoms with van der Waals surface area (Å²) in [6, 6.07) is 20.8. The van der Waals surface area contributed by atoms with Crippen LogP contribution < -0.4 is 32.1 Å². The van der Waals surface area contributed by atoms with Gasteiger partial charge in [0.1, 0.15) is 5.75 Å². The molecule has 6 rings (SSSR count). The molecule has 0 aliphatic carbocycles. The van der Waals surface area contributed by atoms with Crippen LogP contribution in [0.25, 0.3) is 0 Å². The van der Waals surface area contributed by atoms with E-state index in [0.717, 1.165) is 50.0 Å². The smallest absolute Gasteiger partial charge is 0.264 e. The number of nitrogens with zero attached hydrogens (tertiary/aromatic N) is 7. The van der Waals surface area contributed by atoms with Crippen molar-refractivity contribution in [2.24, 2.45) is 0 Å². The van der Waals surface area contributed by atoms with Gasteiger partial charge in [-0.25, -0.2) is 13.4 Å². The summed E-state index contributed by atoms with van der Waals surface area (Å²) < 4.78 is 31.1. The molecule has 1 saturated heterocycles. The van der Waals surface area contributed by atoms with Crippen molar-refractivity contribution in [3.8, 4) is 5.75 Å². The third-order valence-electron chi connectivity index (χ3n) is 7.98. The van der Waals surface area contributed by atoms with E-state index < -0.39 is 10.0 Å². The standard InChI is InChI=1S/C34H39N9O3S.2H3N.2H2/c1-26-11-14-29(15-12-26)47(45,46)43(24-27-9-4-2-5-10-27)30-16-13-28(23-31(30)44)37-33-38-32(36-17-8-19-41-22-18-35-25-41)39-34(40-33)42-20-6-3-7-21-42;;;;/h2,4-5,9-16,18,22-23,25,44H,3,6-8,17,19-21,24H2,1H3,(H2,36,37,38,39,40);2*1H3;2*1H. The van der Waals surface area contributed by atoms with Crippen LogP contribution in [-0.2, 0) is 23.1 Å². The Labute approximate surface area is 290 Å². The first-order chi connectivity index (χ1) is 22.8. The molecule has 0 amide bonds. The fourth-order valence-corrected chi connectivity index (χ4v) is 6.91. The van der Waals surface area contributed by atoms with Crippen molar-refractivity contribution in [3.63, 3.8) is 0 Å². The van der Waals surface area contributed by atoms with Crippen molar-refractivity contribution in [1.29, 1.82) is 0 Å². The second-order valence-corrected chi connectivity index (χ2v) is 13.4. The third kappa shape index (κ3) is 9.22. The molecule has 264 valence electrons. The number of benzene rings is 3. The van der Waals surface area contributed by atoms with Crippen LogP contribution in [0.3, 0.4) is 0 Å². The Balaban J connectivity index is 0.00000225. The summed E-state index contributed by atoms with van der Waals surface area (Å²) in [6.07, 6.45) is 9.65. The molecule has 0 bridgehead atoms. The fraction of sp³-hybridized carbons (Fsp3) is 0.294. The third-order valence-corrected chi connectivity index (χ3v) is 9.75. The molecule has 1 aliphatic heterocycles. The van der Waals surface area contributed by atoms with Crippen molar-refractivity contribution in [2.45, 2.75) is 50.6 Å². The van der Waals surface area contributed by atoms with E-state index in [1.54, 1.807) is 48.9 Å². The molecule has 15 heteroatoms. The average molecular weight is 692 g/mol. The van der Waals surface area contributed by atoms with E-state index in [1.165, 1.54) is 16.8 Å². The number of phenolic OH excluding ortho intramolecular Hbond substituents is 1. The summed E-state index contributed by atoms with van der Waals surface area (Å²) in [5, 5.41) is 17.8. The van der Waals surface area contributed by atoms with Crippen molar-refractivity contribution in [3.05, 3.63) is 103 Å². The SMILES string of the molecule is Cc1ccc(S(=O)(=O)N(Cc2ccccc2)c2ccc(Nc3nc(NCCCn4ccnc4)nc(N4CCCCC4)n3)cc2O)cc1.N.N.[HH].[HH]. The van der Waals surface area contributed by atoms with Gasteiger partial charge in [-0.1, -0.05) is 48.0 Å². The highest BCUT2D eigenvalue weighted by Crippen LogP contribution is 2.36. The molecule has 2 aromatic heterocycles. The van der Waals surface area contributed by atoms with Crippen LogP contribution in [0, 0.1) is 6.92 Å². The number of aromatic nitrogens is 5. The van der Waals surface area contributed by atoms with Gasteiger partial charge in [-0.05, 0) is 62.4 Å². The molecule has 5 aromatic rings. The lowest BCUT2D eigenvalue weighted by Crippen LogP contribution is -2.31. The number of sulfonamides is 1. The van der Waals surface area contributed by atoms with Gasteiger partial charge in [0.05, 0.1) is 23.5 Å². The van der Waals surface area contributed by atoms with E-state index in [9.17, 15) is 13.5 Å². The topological polar surface area (TPSA) is 211 Å². The van der Waals surface area contributed by atoms with Crippen molar-refractivity contribution < 1.29 is 16.4 Å². The molecule has 3 heterocycles. The van der Waals surface area contributed by atoms with E-state index in [1.807, 2.05) is 48.0 Å². The number of phenols is 1. The molecule has 0 radical (unpaired) electrons. The molecule has 0 unspecified atom stereocenters. The first kappa shape index (κ1) is 36.6.